The number of likely N-dealkylation sites (N-methyl/N-ethyl adjacent to an activating group) is 1. The van der Waals surface area contributed by atoms with E-state index in [2.05, 4.69) is 23.6 Å². The third-order valence-corrected chi connectivity index (χ3v) is 4.33. The molecule has 0 atom stereocenters. The van der Waals surface area contributed by atoms with E-state index in [0.717, 1.165) is 44.8 Å². The van der Waals surface area contributed by atoms with Gasteiger partial charge in [0.05, 0.1) is 6.54 Å². The summed E-state index contributed by atoms with van der Waals surface area (Å²) >= 11 is 0. The SMILES string of the molecule is CCN(CC)CC(=O)N1CCN(Cc2ccccc2F)CC1. The van der Waals surface area contributed by atoms with Crippen molar-refractivity contribution in [2.45, 2.75) is 20.4 Å². The van der Waals surface area contributed by atoms with Crippen molar-refractivity contribution in [1.82, 2.24) is 14.7 Å². The lowest BCUT2D eigenvalue weighted by Crippen LogP contribution is -2.50. The van der Waals surface area contributed by atoms with Crippen LogP contribution in [0.25, 0.3) is 0 Å². The minimum absolute atomic E-state index is 0.150. The molecule has 4 nitrogen and oxygen atoms in total. The Bertz CT molecular complexity index is 483. The predicted octanol–water partition coefficient (Wildman–Crippen LogP) is 1.81. The van der Waals surface area contributed by atoms with Crippen molar-refractivity contribution in [1.29, 1.82) is 0 Å². The summed E-state index contributed by atoms with van der Waals surface area (Å²) in [4.78, 5) is 18.5. The van der Waals surface area contributed by atoms with Gasteiger partial charge in [0.15, 0.2) is 0 Å². The first kappa shape index (κ1) is 16.9. The third kappa shape index (κ3) is 4.52. The Morgan fingerprint density at radius 1 is 1.14 bits per heavy atom. The normalized spacial score (nSPS) is 16.3. The highest BCUT2D eigenvalue weighted by Gasteiger charge is 2.22. The van der Waals surface area contributed by atoms with Crippen LogP contribution in [-0.2, 0) is 11.3 Å². The first-order valence-corrected chi connectivity index (χ1v) is 8.10. The second-order valence-corrected chi connectivity index (χ2v) is 5.71. The molecule has 5 heteroatoms. The molecule has 0 bridgehead atoms. The molecule has 1 aromatic rings. The molecule has 1 aliphatic heterocycles. The van der Waals surface area contributed by atoms with E-state index in [4.69, 9.17) is 0 Å². The van der Waals surface area contributed by atoms with Crippen LogP contribution in [0.15, 0.2) is 24.3 Å². The van der Waals surface area contributed by atoms with Gasteiger partial charge in [0.1, 0.15) is 5.82 Å². The second-order valence-electron chi connectivity index (χ2n) is 5.71. The number of hydrogen-bond acceptors (Lipinski definition) is 3. The van der Waals surface area contributed by atoms with Gasteiger partial charge in [0.25, 0.3) is 0 Å². The van der Waals surface area contributed by atoms with Crippen LogP contribution >= 0.6 is 0 Å². The molecule has 1 amide bonds. The highest BCUT2D eigenvalue weighted by molar-refractivity contribution is 5.78. The zero-order valence-electron chi connectivity index (χ0n) is 13.6. The summed E-state index contributed by atoms with van der Waals surface area (Å²) in [6.07, 6.45) is 0. The van der Waals surface area contributed by atoms with Crippen molar-refractivity contribution in [3.05, 3.63) is 35.6 Å². The van der Waals surface area contributed by atoms with Crippen molar-refractivity contribution in [3.63, 3.8) is 0 Å². The molecule has 22 heavy (non-hydrogen) atoms. The zero-order chi connectivity index (χ0) is 15.9. The van der Waals surface area contributed by atoms with E-state index in [9.17, 15) is 9.18 Å². The lowest BCUT2D eigenvalue weighted by molar-refractivity contribution is -0.134. The van der Waals surface area contributed by atoms with E-state index >= 15 is 0 Å². The van der Waals surface area contributed by atoms with Gasteiger partial charge in [0, 0.05) is 38.3 Å². The fraction of sp³-hybridized carbons (Fsp3) is 0.588. The first-order chi connectivity index (χ1) is 10.6. The van der Waals surface area contributed by atoms with Crippen LogP contribution in [-0.4, -0.2) is 66.4 Å². The summed E-state index contributed by atoms with van der Waals surface area (Å²) in [5.41, 5.74) is 0.727. The van der Waals surface area contributed by atoms with E-state index in [1.165, 1.54) is 6.07 Å². The lowest BCUT2D eigenvalue weighted by atomic mass is 10.2. The van der Waals surface area contributed by atoms with Crippen molar-refractivity contribution in [3.8, 4) is 0 Å². The Labute approximate surface area is 132 Å². The van der Waals surface area contributed by atoms with Crippen LogP contribution in [0.3, 0.4) is 0 Å². The molecule has 0 aliphatic carbocycles. The Morgan fingerprint density at radius 3 is 2.36 bits per heavy atom. The van der Waals surface area contributed by atoms with Crippen LogP contribution < -0.4 is 0 Å². The standard InChI is InChI=1S/C17H26FN3O/c1-3-19(4-2)14-17(22)21-11-9-20(10-12-21)13-15-7-5-6-8-16(15)18/h5-8H,3-4,9-14H2,1-2H3. The number of rotatable bonds is 6. The number of halogens is 1. The van der Waals surface area contributed by atoms with Crippen molar-refractivity contribution in [2.75, 3.05) is 45.8 Å². The van der Waals surface area contributed by atoms with Gasteiger partial charge in [-0.25, -0.2) is 4.39 Å². The number of carbonyl (C=O) groups excluding carboxylic acids is 1. The molecule has 2 rings (SSSR count). The van der Waals surface area contributed by atoms with E-state index in [0.29, 0.717) is 13.1 Å². The molecule has 122 valence electrons. The van der Waals surface area contributed by atoms with Crippen LogP contribution in [0.1, 0.15) is 19.4 Å². The summed E-state index contributed by atoms with van der Waals surface area (Å²) in [6.45, 7) is 10.1. The molecule has 0 unspecified atom stereocenters. The van der Waals surface area contributed by atoms with Crippen LogP contribution in [0.5, 0.6) is 0 Å². The number of benzene rings is 1. The minimum Gasteiger partial charge on any atom is -0.339 e. The Morgan fingerprint density at radius 2 is 1.77 bits per heavy atom. The fourth-order valence-electron chi connectivity index (χ4n) is 2.76. The molecule has 1 heterocycles. The van der Waals surface area contributed by atoms with Crippen molar-refractivity contribution in [2.24, 2.45) is 0 Å². The summed E-state index contributed by atoms with van der Waals surface area (Å²) in [5.74, 6) is 0.0526. The quantitative estimate of drug-likeness (QED) is 0.802. The molecule has 1 saturated heterocycles. The Balaban J connectivity index is 1.80. The Kier molecular flexibility index (Phi) is 6.34. The molecular formula is C17H26FN3O. The maximum Gasteiger partial charge on any atom is 0.236 e. The Hall–Kier alpha value is -1.46. The molecule has 0 N–H and O–H groups in total. The molecule has 0 radical (unpaired) electrons. The van der Waals surface area contributed by atoms with Crippen LogP contribution in [0.4, 0.5) is 4.39 Å². The summed E-state index contributed by atoms with van der Waals surface area (Å²) < 4.78 is 13.7. The van der Waals surface area contributed by atoms with E-state index in [-0.39, 0.29) is 11.7 Å². The number of nitrogens with zero attached hydrogens (tertiary/aromatic N) is 3. The maximum absolute atomic E-state index is 13.7. The lowest BCUT2D eigenvalue weighted by Gasteiger charge is -2.35. The number of amides is 1. The van der Waals surface area contributed by atoms with Crippen LogP contribution in [0, 0.1) is 5.82 Å². The molecule has 0 spiro atoms. The molecule has 1 aliphatic rings. The number of piperazine rings is 1. The van der Waals surface area contributed by atoms with Crippen molar-refractivity contribution < 1.29 is 9.18 Å². The molecule has 1 fully saturated rings. The van der Waals surface area contributed by atoms with Crippen molar-refractivity contribution >= 4 is 5.91 Å². The average molecular weight is 307 g/mol. The van der Waals surface area contributed by atoms with Gasteiger partial charge in [-0.05, 0) is 19.2 Å². The van der Waals surface area contributed by atoms with E-state index < -0.39 is 0 Å². The fourth-order valence-corrected chi connectivity index (χ4v) is 2.76. The maximum atomic E-state index is 13.7. The number of hydrogen-bond donors (Lipinski definition) is 0. The minimum atomic E-state index is -0.150. The van der Waals surface area contributed by atoms with Gasteiger partial charge in [-0.15, -0.1) is 0 Å². The highest BCUT2D eigenvalue weighted by atomic mass is 19.1. The average Bonchev–Trinajstić information content (AvgIpc) is 2.55. The summed E-state index contributed by atoms with van der Waals surface area (Å²) in [6, 6.07) is 6.90. The summed E-state index contributed by atoms with van der Waals surface area (Å²) in [7, 11) is 0. The van der Waals surface area contributed by atoms with Gasteiger partial charge in [-0.3, -0.25) is 14.6 Å². The number of carbonyl (C=O) groups is 1. The molecule has 0 aromatic heterocycles. The zero-order valence-corrected chi connectivity index (χ0v) is 13.6. The topological polar surface area (TPSA) is 26.8 Å². The largest absolute Gasteiger partial charge is 0.339 e. The first-order valence-electron chi connectivity index (χ1n) is 8.10. The third-order valence-electron chi connectivity index (χ3n) is 4.33. The van der Waals surface area contributed by atoms with Gasteiger partial charge in [-0.2, -0.15) is 0 Å². The highest BCUT2D eigenvalue weighted by Crippen LogP contribution is 2.12. The summed E-state index contributed by atoms with van der Waals surface area (Å²) in [5, 5.41) is 0. The van der Waals surface area contributed by atoms with Gasteiger partial charge < -0.3 is 4.90 Å². The smallest absolute Gasteiger partial charge is 0.236 e. The molecular weight excluding hydrogens is 281 g/mol. The van der Waals surface area contributed by atoms with Gasteiger partial charge in [0.2, 0.25) is 5.91 Å². The van der Waals surface area contributed by atoms with Crippen LogP contribution in [0.2, 0.25) is 0 Å². The predicted molar refractivity (Wildman–Crippen MR) is 86.0 cm³/mol. The second kappa shape index (κ2) is 8.25. The monoisotopic (exact) mass is 307 g/mol. The van der Waals surface area contributed by atoms with E-state index in [1.807, 2.05) is 17.0 Å². The van der Waals surface area contributed by atoms with E-state index in [1.54, 1.807) is 6.07 Å². The molecule has 0 saturated carbocycles. The molecule has 1 aromatic carbocycles. The van der Waals surface area contributed by atoms with Gasteiger partial charge >= 0.3 is 0 Å². The van der Waals surface area contributed by atoms with Gasteiger partial charge in [-0.1, -0.05) is 32.0 Å².